The summed E-state index contributed by atoms with van der Waals surface area (Å²) >= 11 is 3.26. The van der Waals surface area contributed by atoms with Gasteiger partial charge in [0.15, 0.2) is 5.82 Å². The van der Waals surface area contributed by atoms with Crippen molar-refractivity contribution >= 4 is 15.9 Å². The smallest absolute Gasteiger partial charge is 0.217 e. The van der Waals surface area contributed by atoms with E-state index in [1.165, 1.54) is 5.56 Å². The Morgan fingerprint density at radius 1 is 1.29 bits per heavy atom. The van der Waals surface area contributed by atoms with Gasteiger partial charge in [-0.1, -0.05) is 24.3 Å². The minimum Gasteiger partial charge on any atom is -0.248 e. The van der Waals surface area contributed by atoms with E-state index in [-0.39, 0.29) is 0 Å². The number of hydrogen-bond donors (Lipinski definition) is 0. The lowest BCUT2D eigenvalue weighted by Gasteiger charge is -2.02. The molecule has 1 aromatic heterocycles. The molecule has 0 saturated heterocycles. The lowest BCUT2D eigenvalue weighted by molar-refractivity contribution is 0.767. The molecule has 0 bridgehead atoms. The van der Waals surface area contributed by atoms with Crippen LogP contribution < -0.4 is 0 Å². The number of rotatable bonds is 1. The first-order valence-electron chi connectivity index (χ1n) is 4.31. The molecular weight excluding hydrogens is 242 g/mol. The van der Waals surface area contributed by atoms with E-state index >= 15 is 0 Å². The van der Waals surface area contributed by atoms with Gasteiger partial charge in [0.2, 0.25) is 4.73 Å². The lowest BCUT2D eigenvalue weighted by atomic mass is 10.1. The summed E-state index contributed by atoms with van der Waals surface area (Å²) in [5.74, 6) is 0.884. The van der Waals surface area contributed by atoms with Crippen molar-refractivity contribution in [2.45, 2.75) is 6.92 Å². The van der Waals surface area contributed by atoms with Crippen LogP contribution >= 0.6 is 15.9 Å². The molecule has 2 aromatic rings. The molecule has 1 heterocycles. The third kappa shape index (κ3) is 1.57. The summed E-state index contributed by atoms with van der Waals surface area (Å²) in [6, 6.07) is 8.14. The van der Waals surface area contributed by atoms with Crippen LogP contribution in [0.2, 0.25) is 0 Å². The highest BCUT2D eigenvalue weighted by atomic mass is 79.9. The van der Waals surface area contributed by atoms with Crippen LogP contribution in [0.15, 0.2) is 29.0 Å². The number of benzene rings is 1. The fraction of sp³-hybridized carbons (Fsp3) is 0.200. The van der Waals surface area contributed by atoms with E-state index in [9.17, 15) is 0 Å². The molecule has 14 heavy (non-hydrogen) atoms. The van der Waals surface area contributed by atoms with E-state index in [4.69, 9.17) is 0 Å². The second-order valence-corrected chi connectivity index (χ2v) is 3.85. The zero-order valence-corrected chi connectivity index (χ0v) is 9.62. The van der Waals surface area contributed by atoms with Crippen LogP contribution in [0.4, 0.5) is 0 Å². The summed E-state index contributed by atoms with van der Waals surface area (Å²) in [5.41, 5.74) is 2.32. The van der Waals surface area contributed by atoms with E-state index in [0.717, 1.165) is 11.4 Å². The molecule has 0 aliphatic carbocycles. The van der Waals surface area contributed by atoms with Gasteiger partial charge in [-0.25, -0.2) is 9.67 Å². The molecule has 0 saturated carbocycles. The van der Waals surface area contributed by atoms with Gasteiger partial charge in [-0.15, -0.1) is 5.10 Å². The van der Waals surface area contributed by atoms with Crippen LogP contribution in [0.3, 0.4) is 0 Å². The molecule has 4 heteroatoms. The summed E-state index contributed by atoms with van der Waals surface area (Å²) < 4.78 is 2.39. The maximum Gasteiger partial charge on any atom is 0.217 e. The number of hydrogen-bond acceptors (Lipinski definition) is 2. The third-order valence-corrected chi connectivity index (χ3v) is 2.46. The van der Waals surface area contributed by atoms with Crippen molar-refractivity contribution in [1.29, 1.82) is 0 Å². The van der Waals surface area contributed by atoms with Crippen molar-refractivity contribution < 1.29 is 0 Å². The van der Waals surface area contributed by atoms with Crippen LogP contribution in [0, 0.1) is 6.92 Å². The Hall–Kier alpha value is -1.16. The summed E-state index contributed by atoms with van der Waals surface area (Å²) in [4.78, 5) is 4.31. The lowest BCUT2D eigenvalue weighted by Crippen LogP contribution is -1.95. The molecule has 0 radical (unpaired) electrons. The highest BCUT2D eigenvalue weighted by Gasteiger charge is 2.08. The molecule has 3 nitrogen and oxygen atoms in total. The molecular formula is C10H10BrN3. The topological polar surface area (TPSA) is 30.7 Å². The Kier molecular flexibility index (Phi) is 2.37. The second kappa shape index (κ2) is 3.53. The maximum absolute atomic E-state index is 4.31. The van der Waals surface area contributed by atoms with Gasteiger partial charge < -0.3 is 0 Å². The number of nitrogens with zero attached hydrogens (tertiary/aromatic N) is 3. The summed E-state index contributed by atoms with van der Waals surface area (Å²) in [6.07, 6.45) is 0. The van der Waals surface area contributed by atoms with Gasteiger partial charge in [0.25, 0.3) is 0 Å². The van der Waals surface area contributed by atoms with Crippen molar-refractivity contribution in [1.82, 2.24) is 14.8 Å². The fourth-order valence-electron chi connectivity index (χ4n) is 1.41. The molecule has 0 fully saturated rings. The highest BCUT2D eigenvalue weighted by molar-refractivity contribution is 9.10. The quantitative estimate of drug-likeness (QED) is 0.780. The largest absolute Gasteiger partial charge is 0.248 e. The highest BCUT2D eigenvalue weighted by Crippen LogP contribution is 2.21. The van der Waals surface area contributed by atoms with Gasteiger partial charge in [-0.3, -0.25) is 0 Å². The fourth-order valence-corrected chi connectivity index (χ4v) is 1.82. The standard InChI is InChI=1S/C10H10BrN3/c1-7-5-3-4-6-8(7)9-12-10(11)13-14(9)2/h3-6H,1-2H3. The van der Waals surface area contributed by atoms with Crippen molar-refractivity contribution in [3.05, 3.63) is 34.6 Å². The Bertz CT molecular complexity index is 462. The Balaban J connectivity index is 2.60. The van der Waals surface area contributed by atoms with Crippen molar-refractivity contribution in [2.75, 3.05) is 0 Å². The van der Waals surface area contributed by atoms with Crippen LogP contribution in [-0.2, 0) is 7.05 Å². The first-order chi connectivity index (χ1) is 6.68. The van der Waals surface area contributed by atoms with Crippen molar-refractivity contribution in [3.63, 3.8) is 0 Å². The summed E-state index contributed by atoms with van der Waals surface area (Å²) in [5, 5.41) is 4.15. The Morgan fingerprint density at radius 3 is 2.57 bits per heavy atom. The summed E-state index contributed by atoms with van der Waals surface area (Å²) in [6.45, 7) is 2.07. The van der Waals surface area contributed by atoms with Gasteiger partial charge in [0.1, 0.15) is 0 Å². The molecule has 0 unspecified atom stereocenters. The van der Waals surface area contributed by atoms with Gasteiger partial charge in [0, 0.05) is 12.6 Å². The van der Waals surface area contributed by atoms with E-state index < -0.39 is 0 Å². The molecule has 0 aliphatic heterocycles. The van der Waals surface area contributed by atoms with Gasteiger partial charge in [-0.2, -0.15) is 0 Å². The minimum atomic E-state index is 0.623. The van der Waals surface area contributed by atoms with Crippen LogP contribution in [0.5, 0.6) is 0 Å². The Morgan fingerprint density at radius 2 is 2.00 bits per heavy atom. The molecule has 0 amide bonds. The monoisotopic (exact) mass is 251 g/mol. The first-order valence-corrected chi connectivity index (χ1v) is 5.10. The predicted molar refractivity (Wildman–Crippen MR) is 58.9 cm³/mol. The molecule has 1 aromatic carbocycles. The molecule has 2 rings (SSSR count). The molecule has 0 N–H and O–H groups in total. The first kappa shape index (κ1) is 9.40. The summed E-state index contributed by atoms with van der Waals surface area (Å²) in [7, 11) is 1.89. The number of halogens is 1. The van der Waals surface area contributed by atoms with E-state index in [1.807, 2.05) is 25.2 Å². The zero-order valence-electron chi connectivity index (χ0n) is 8.03. The van der Waals surface area contributed by atoms with Gasteiger partial charge >= 0.3 is 0 Å². The maximum atomic E-state index is 4.31. The molecule has 0 aliphatic rings. The van der Waals surface area contributed by atoms with Crippen LogP contribution in [0.1, 0.15) is 5.56 Å². The molecule has 0 atom stereocenters. The minimum absolute atomic E-state index is 0.623. The SMILES string of the molecule is Cc1ccccc1-c1nc(Br)nn1C. The average Bonchev–Trinajstić information content (AvgIpc) is 2.46. The van der Waals surface area contributed by atoms with E-state index in [0.29, 0.717) is 4.73 Å². The van der Waals surface area contributed by atoms with Crippen LogP contribution in [-0.4, -0.2) is 14.8 Å². The van der Waals surface area contributed by atoms with Gasteiger partial charge in [-0.05, 0) is 28.4 Å². The van der Waals surface area contributed by atoms with Crippen molar-refractivity contribution in [3.8, 4) is 11.4 Å². The average molecular weight is 252 g/mol. The zero-order chi connectivity index (χ0) is 10.1. The molecule has 0 spiro atoms. The third-order valence-electron chi connectivity index (χ3n) is 2.12. The number of aryl methyl sites for hydroxylation is 2. The van der Waals surface area contributed by atoms with Crippen LogP contribution in [0.25, 0.3) is 11.4 Å². The van der Waals surface area contributed by atoms with E-state index in [1.54, 1.807) is 4.68 Å². The normalized spacial score (nSPS) is 10.5. The molecule has 72 valence electrons. The number of aromatic nitrogens is 3. The van der Waals surface area contributed by atoms with Crippen molar-refractivity contribution in [2.24, 2.45) is 7.05 Å². The predicted octanol–water partition coefficient (Wildman–Crippen LogP) is 2.55. The Labute approximate surface area is 90.9 Å². The second-order valence-electron chi connectivity index (χ2n) is 3.14. The van der Waals surface area contributed by atoms with Gasteiger partial charge in [0.05, 0.1) is 0 Å². The van der Waals surface area contributed by atoms with E-state index in [2.05, 4.69) is 39.0 Å².